The van der Waals surface area contributed by atoms with E-state index in [4.69, 9.17) is 0 Å². The Kier molecular flexibility index (Phi) is 6.65. The van der Waals surface area contributed by atoms with Crippen LogP contribution in [0.25, 0.3) is 11.4 Å². The molecule has 0 radical (unpaired) electrons. The molecule has 1 aromatic carbocycles. The number of likely N-dealkylation sites (N-methyl/N-ethyl adjacent to an activating group) is 1. The van der Waals surface area contributed by atoms with Crippen molar-refractivity contribution in [2.24, 2.45) is 0 Å². The predicted octanol–water partition coefficient (Wildman–Crippen LogP) is 3.31. The topological polar surface area (TPSA) is 121 Å². The highest BCUT2D eigenvalue weighted by Gasteiger charge is 2.46. The Balaban J connectivity index is 1.91. The Labute approximate surface area is 202 Å². The molecule has 1 saturated heterocycles. The SMILES string of the molecule is CCN(CC)CCN1C(=O)C(=O)/C(=C(/O)c2c(C)nc3ccccn23)[C@H]1c1cccc([N+](=O)[O-])c1. The van der Waals surface area contributed by atoms with E-state index in [0.717, 1.165) is 13.1 Å². The zero-order chi connectivity index (χ0) is 25.3. The average Bonchev–Trinajstić information content (AvgIpc) is 3.32. The molecule has 3 heterocycles. The Morgan fingerprint density at radius 3 is 2.60 bits per heavy atom. The molecule has 0 unspecified atom stereocenters. The number of hydrogen-bond donors (Lipinski definition) is 1. The minimum Gasteiger partial charge on any atom is -0.505 e. The molecular formula is C25H27N5O5. The van der Waals surface area contributed by atoms with E-state index in [-0.39, 0.29) is 23.6 Å². The van der Waals surface area contributed by atoms with Crippen molar-refractivity contribution in [2.45, 2.75) is 26.8 Å². The number of Topliss-reactive ketones (excluding diaryl/α,β-unsaturated/α-hetero) is 1. The van der Waals surface area contributed by atoms with Gasteiger partial charge in [0.25, 0.3) is 17.4 Å². The van der Waals surface area contributed by atoms with Crippen LogP contribution in [-0.2, 0) is 9.59 Å². The number of aliphatic hydroxyl groups excluding tert-OH is 1. The van der Waals surface area contributed by atoms with Crippen LogP contribution in [0, 0.1) is 17.0 Å². The number of fused-ring (bicyclic) bond motifs is 1. The maximum absolute atomic E-state index is 13.3. The standard InChI is InChI=1S/C25H27N5O5/c1-4-27(5-2)13-14-29-22(17-9-8-10-18(15-17)30(34)35)20(24(32)25(29)33)23(31)21-16(3)26-19-11-6-7-12-28(19)21/h6-12,15,22,31H,4-5,13-14H2,1-3H3/b23-20+/t22-/m1/s1. The average molecular weight is 478 g/mol. The number of nitro groups is 1. The van der Waals surface area contributed by atoms with Crippen LogP contribution in [0.1, 0.15) is 36.8 Å². The van der Waals surface area contributed by atoms with Crippen molar-refractivity contribution >= 4 is 28.8 Å². The summed E-state index contributed by atoms with van der Waals surface area (Å²) in [6, 6.07) is 10.2. The predicted molar refractivity (Wildman–Crippen MR) is 130 cm³/mol. The van der Waals surface area contributed by atoms with Gasteiger partial charge in [0.2, 0.25) is 0 Å². The maximum atomic E-state index is 13.3. The van der Waals surface area contributed by atoms with Crippen LogP contribution in [0.3, 0.4) is 0 Å². The summed E-state index contributed by atoms with van der Waals surface area (Å²) in [5.41, 5.74) is 1.48. The van der Waals surface area contributed by atoms with Gasteiger partial charge in [0, 0.05) is 31.4 Å². The zero-order valence-electron chi connectivity index (χ0n) is 19.8. The molecule has 1 aliphatic heterocycles. The van der Waals surface area contributed by atoms with Crippen molar-refractivity contribution in [3.05, 3.63) is 81.3 Å². The van der Waals surface area contributed by atoms with Crippen molar-refractivity contribution in [3.63, 3.8) is 0 Å². The molecule has 3 aromatic rings. The number of non-ortho nitro benzene ring substituents is 1. The maximum Gasteiger partial charge on any atom is 0.295 e. The number of carbonyl (C=O) groups excluding carboxylic acids is 2. The molecule has 1 atom stereocenters. The Hall–Kier alpha value is -4.05. The van der Waals surface area contributed by atoms with Gasteiger partial charge in [0.15, 0.2) is 5.76 Å². The second-order valence-electron chi connectivity index (χ2n) is 8.35. The van der Waals surface area contributed by atoms with Crippen LogP contribution >= 0.6 is 0 Å². The lowest BCUT2D eigenvalue weighted by Gasteiger charge is -2.28. The van der Waals surface area contributed by atoms with E-state index in [1.54, 1.807) is 41.8 Å². The highest BCUT2D eigenvalue weighted by molar-refractivity contribution is 6.46. The summed E-state index contributed by atoms with van der Waals surface area (Å²) >= 11 is 0. The number of carbonyl (C=O) groups is 2. The van der Waals surface area contributed by atoms with Gasteiger partial charge in [-0.25, -0.2) is 4.98 Å². The van der Waals surface area contributed by atoms with Crippen LogP contribution in [-0.4, -0.2) is 67.1 Å². The van der Waals surface area contributed by atoms with Gasteiger partial charge in [0.1, 0.15) is 11.3 Å². The molecule has 10 heteroatoms. The molecule has 0 spiro atoms. The Morgan fingerprint density at radius 2 is 1.91 bits per heavy atom. The van der Waals surface area contributed by atoms with E-state index in [9.17, 15) is 24.8 Å². The number of hydrogen-bond acceptors (Lipinski definition) is 7. The van der Waals surface area contributed by atoms with Crippen molar-refractivity contribution in [2.75, 3.05) is 26.2 Å². The lowest BCUT2D eigenvalue weighted by molar-refractivity contribution is -0.384. The molecule has 10 nitrogen and oxygen atoms in total. The summed E-state index contributed by atoms with van der Waals surface area (Å²) in [6.45, 7) is 7.99. The summed E-state index contributed by atoms with van der Waals surface area (Å²) in [5, 5.41) is 22.9. The zero-order valence-corrected chi connectivity index (χ0v) is 19.8. The fourth-order valence-corrected chi connectivity index (χ4v) is 4.58. The molecule has 0 saturated carbocycles. The number of likely N-dealkylation sites (tertiary alicyclic amines) is 1. The van der Waals surface area contributed by atoms with E-state index < -0.39 is 22.7 Å². The van der Waals surface area contributed by atoms with Crippen LogP contribution in [0.4, 0.5) is 5.69 Å². The van der Waals surface area contributed by atoms with Gasteiger partial charge in [0.05, 0.1) is 22.2 Å². The third-order valence-electron chi connectivity index (χ3n) is 6.42. The van der Waals surface area contributed by atoms with E-state index in [0.29, 0.717) is 29.1 Å². The van der Waals surface area contributed by atoms with Gasteiger partial charge in [-0.3, -0.25) is 24.1 Å². The van der Waals surface area contributed by atoms with Crippen LogP contribution < -0.4 is 0 Å². The minimum atomic E-state index is -0.973. The molecule has 1 N–H and O–H groups in total. The molecule has 0 bridgehead atoms. The lowest BCUT2D eigenvalue weighted by atomic mass is 9.96. The normalized spacial score (nSPS) is 17.6. The monoisotopic (exact) mass is 477 g/mol. The van der Waals surface area contributed by atoms with Gasteiger partial charge >= 0.3 is 0 Å². The summed E-state index contributed by atoms with van der Waals surface area (Å²) < 4.78 is 1.65. The van der Waals surface area contributed by atoms with Gasteiger partial charge in [-0.2, -0.15) is 0 Å². The number of ketones is 1. The quantitative estimate of drug-likeness (QED) is 0.174. The summed E-state index contributed by atoms with van der Waals surface area (Å²) in [5.74, 6) is -1.94. The van der Waals surface area contributed by atoms with E-state index in [2.05, 4.69) is 9.88 Å². The van der Waals surface area contributed by atoms with Crippen molar-refractivity contribution < 1.29 is 19.6 Å². The Morgan fingerprint density at radius 1 is 1.17 bits per heavy atom. The number of amides is 1. The molecule has 0 aliphatic carbocycles. The number of aliphatic hydroxyl groups is 1. The highest BCUT2D eigenvalue weighted by Crippen LogP contribution is 2.40. The smallest absolute Gasteiger partial charge is 0.295 e. The highest BCUT2D eigenvalue weighted by atomic mass is 16.6. The summed E-state index contributed by atoms with van der Waals surface area (Å²) in [4.78, 5) is 45.4. The van der Waals surface area contributed by atoms with Gasteiger partial charge < -0.3 is 14.9 Å². The summed E-state index contributed by atoms with van der Waals surface area (Å²) in [7, 11) is 0. The van der Waals surface area contributed by atoms with E-state index >= 15 is 0 Å². The number of nitrogens with zero attached hydrogens (tertiary/aromatic N) is 5. The first-order valence-corrected chi connectivity index (χ1v) is 11.5. The lowest BCUT2D eigenvalue weighted by Crippen LogP contribution is -2.38. The van der Waals surface area contributed by atoms with Crippen LogP contribution in [0.5, 0.6) is 0 Å². The number of nitro benzene ring substituents is 1. The number of benzene rings is 1. The first kappa shape index (κ1) is 24.1. The van der Waals surface area contributed by atoms with Crippen molar-refractivity contribution in [1.82, 2.24) is 19.2 Å². The van der Waals surface area contributed by atoms with Gasteiger partial charge in [-0.05, 0) is 37.7 Å². The van der Waals surface area contributed by atoms with Crippen molar-refractivity contribution in [1.29, 1.82) is 0 Å². The third kappa shape index (κ3) is 4.28. The number of imidazole rings is 1. The number of aromatic nitrogens is 2. The molecule has 4 rings (SSSR count). The van der Waals surface area contributed by atoms with Crippen LogP contribution in [0.2, 0.25) is 0 Å². The summed E-state index contributed by atoms with van der Waals surface area (Å²) in [6.07, 6.45) is 1.71. The fourth-order valence-electron chi connectivity index (χ4n) is 4.58. The fraction of sp³-hybridized carbons (Fsp3) is 0.320. The molecular weight excluding hydrogens is 450 g/mol. The first-order chi connectivity index (χ1) is 16.8. The third-order valence-corrected chi connectivity index (χ3v) is 6.42. The number of rotatable bonds is 8. The molecule has 35 heavy (non-hydrogen) atoms. The van der Waals surface area contributed by atoms with Crippen LogP contribution in [0.15, 0.2) is 54.2 Å². The molecule has 1 amide bonds. The number of aryl methyl sites for hydroxylation is 1. The van der Waals surface area contributed by atoms with E-state index in [1.807, 2.05) is 13.8 Å². The Bertz CT molecular complexity index is 1340. The molecule has 1 fully saturated rings. The largest absolute Gasteiger partial charge is 0.505 e. The molecule has 1 aliphatic rings. The van der Waals surface area contributed by atoms with Gasteiger partial charge in [-0.1, -0.05) is 32.0 Å². The second kappa shape index (κ2) is 9.67. The second-order valence-corrected chi connectivity index (χ2v) is 8.35. The minimum absolute atomic E-state index is 0.108. The van der Waals surface area contributed by atoms with E-state index in [1.165, 1.54) is 23.1 Å². The molecule has 182 valence electrons. The van der Waals surface area contributed by atoms with Gasteiger partial charge in [-0.15, -0.1) is 0 Å². The number of pyridine rings is 1. The molecule has 2 aromatic heterocycles. The van der Waals surface area contributed by atoms with Crippen molar-refractivity contribution in [3.8, 4) is 0 Å². The first-order valence-electron chi connectivity index (χ1n) is 11.5.